The van der Waals surface area contributed by atoms with Gasteiger partial charge in [-0.2, -0.15) is 0 Å². The van der Waals surface area contributed by atoms with Gasteiger partial charge in [0.05, 0.1) is 25.2 Å². The normalized spacial score (nSPS) is 10.5. The summed E-state index contributed by atoms with van der Waals surface area (Å²) in [5, 5.41) is 0. The zero-order valence-electron chi connectivity index (χ0n) is 21.9. The van der Waals surface area contributed by atoms with E-state index in [1.165, 1.54) is 0 Å². The average Bonchev–Trinajstić information content (AvgIpc) is 2.90. The van der Waals surface area contributed by atoms with Crippen molar-refractivity contribution in [1.82, 2.24) is 0 Å². The number of hydrogen-bond acceptors (Lipinski definition) is 6. The Hall–Kier alpha value is -3.80. The fourth-order valence-electron chi connectivity index (χ4n) is 3.78. The molecule has 0 aliphatic carbocycles. The van der Waals surface area contributed by atoms with Crippen LogP contribution >= 0.6 is 0 Å². The molecular weight excluding hydrogens is 466 g/mol. The van der Waals surface area contributed by atoms with E-state index in [2.05, 4.69) is 0 Å². The molecule has 0 unspecified atom stereocenters. The van der Waals surface area contributed by atoms with E-state index in [9.17, 15) is 9.59 Å². The minimum absolute atomic E-state index is 0.173. The maximum atomic E-state index is 12.2. The van der Waals surface area contributed by atoms with E-state index in [1.54, 1.807) is 36.4 Å². The largest absolute Gasteiger partial charge is 0.493 e. The summed E-state index contributed by atoms with van der Waals surface area (Å²) in [5.41, 5.74) is 2.59. The topological polar surface area (TPSA) is 65.1 Å². The highest BCUT2D eigenvalue weighted by Crippen LogP contribution is 2.21. The molecule has 0 N–H and O–H groups in total. The summed E-state index contributed by atoms with van der Waals surface area (Å²) in [6, 6.07) is 24.0. The van der Waals surface area contributed by atoms with Gasteiger partial charge in [-0.3, -0.25) is 4.79 Å². The first-order valence-electron chi connectivity index (χ1n) is 12.9. The highest BCUT2D eigenvalue weighted by atomic mass is 16.5. The number of hydrogen-bond donors (Lipinski definition) is 0. The lowest BCUT2D eigenvalue weighted by Crippen LogP contribution is -2.10. The fourth-order valence-corrected chi connectivity index (χ4v) is 3.78. The number of nitrogens with zero attached hydrogens (tertiary/aromatic N) is 1. The monoisotopic (exact) mass is 503 g/mol. The van der Waals surface area contributed by atoms with Crippen LogP contribution in [-0.4, -0.2) is 39.2 Å². The van der Waals surface area contributed by atoms with Crippen molar-refractivity contribution < 1.29 is 23.8 Å². The van der Waals surface area contributed by atoms with Crippen molar-refractivity contribution in [2.75, 3.05) is 32.2 Å². The van der Waals surface area contributed by atoms with Crippen LogP contribution in [0, 0.1) is 0 Å². The molecule has 0 amide bonds. The minimum atomic E-state index is -0.387. The standard InChI is InChI=1S/C31H37NO5/c1-32(2)27-19-17-25(18-20-27)23-30(33)36-22-11-6-4-3-5-10-21-35-28-15-12-16-29(24-28)37-31(34)26-13-8-7-9-14-26/h7-9,12-20,24H,3-6,10-11,21-23H2,1-2H3. The van der Waals surface area contributed by atoms with Crippen molar-refractivity contribution in [1.29, 1.82) is 0 Å². The molecule has 0 saturated heterocycles. The van der Waals surface area contributed by atoms with Crippen molar-refractivity contribution in [2.24, 2.45) is 0 Å². The van der Waals surface area contributed by atoms with Crippen LogP contribution in [0.25, 0.3) is 0 Å². The van der Waals surface area contributed by atoms with E-state index in [-0.39, 0.29) is 11.9 Å². The number of unbranched alkanes of at least 4 members (excludes halogenated alkanes) is 5. The van der Waals surface area contributed by atoms with Gasteiger partial charge < -0.3 is 19.1 Å². The summed E-state index contributed by atoms with van der Waals surface area (Å²) in [7, 11) is 3.98. The maximum absolute atomic E-state index is 12.2. The molecule has 0 fully saturated rings. The maximum Gasteiger partial charge on any atom is 0.343 e. The second kappa shape index (κ2) is 15.3. The Bertz CT molecular complexity index is 1100. The summed E-state index contributed by atoms with van der Waals surface area (Å²) < 4.78 is 16.6. The van der Waals surface area contributed by atoms with E-state index in [4.69, 9.17) is 14.2 Å². The average molecular weight is 504 g/mol. The molecule has 0 bridgehead atoms. The molecule has 0 atom stereocenters. The van der Waals surface area contributed by atoms with Crippen LogP contribution in [0.3, 0.4) is 0 Å². The molecule has 0 aromatic heterocycles. The van der Waals surface area contributed by atoms with Gasteiger partial charge in [0.15, 0.2) is 0 Å². The first-order chi connectivity index (χ1) is 18.0. The first-order valence-corrected chi connectivity index (χ1v) is 12.9. The van der Waals surface area contributed by atoms with E-state index >= 15 is 0 Å². The number of benzene rings is 3. The molecule has 3 aromatic rings. The molecule has 196 valence electrons. The number of ether oxygens (including phenoxy) is 3. The van der Waals surface area contributed by atoms with Crippen LogP contribution < -0.4 is 14.4 Å². The number of carbonyl (C=O) groups is 2. The van der Waals surface area contributed by atoms with Gasteiger partial charge in [-0.15, -0.1) is 0 Å². The van der Waals surface area contributed by atoms with E-state index in [0.717, 1.165) is 49.8 Å². The van der Waals surface area contributed by atoms with E-state index in [0.29, 0.717) is 36.7 Å². The van der Waals surface area contributed by atoms with Crippen LogP contribution in [0.15, 0.2) is 78.9 Å². The quantitative estimate of drug-likeness (QED) is 0.134. The molecule has 0 saturated carbocycles. The Labute approximate surface area is 220 Å². The third kappa shape index (κ3) is 10.4. The Morgan fingerprint density at radius 3 is 2.05 bits per heavy atom. The summed E-state index contributed by atoms with van der Waals surface area (Å²) in [5.74, 6) is 0.596. The number of esters is 2. The first kappa shape index (κ1) is 27.8. The highest BCUT2D eigenvalue weighted by Gasteiger charge is 2.08. The van der Waals surface area contributed by atoms with Gasteiger partial charge >= 0.3 is 11.9 Å². The number of rotatable bonds is 15. The third-order valence-electron chi connectivity index (χ3n) is 5.90. The second-order valence-corrected chi connectivity index (χ2v) is 9.16. The van der Waals surface area contributed by atoms with Crippen molar-refractivity contribution in [3.8, 4) is 11.5 Å². The molecule has 3 aromatic carbocycles. The van der Waals surface area contributed by atoms with Crippen LogP contribution in [0.4, 0.5) is 5.69 Å². The molecule has 3 rings (SSSR count). The summed E-state index contributed by atoms with van der Waals surface area (Å²) >= 11 is 0. The lowest BCUT2D eigenvalue weighted by atomic mass is 10.1. The zero-order chi connectivity index (χ0) is 26.3. The molecular formula is C31H37NO5. The SMILES string of the molecule is CN(C)c1ccc(CC(=O)OCCCCCCCCOc2cccc(OC(=O)c3ccccc3)c2)cc1. The molecule has 0 radical (unpaired) electrons. The summed E-state index contributed by atoms with van der Waals surface area (Å²) in [6.45, 7) is 1.09. The van der Waals surface area contributed by atoms with Crippen molar-refractivity contribution >= 4 is 17.6 Å². The van der Waals surface area contributed by atoms with Gasteiger partial charge in [0.25, 0.3) is 0 Å². The Kier molecular flexibility index (Phi) is 11.5. The van der Waals surface area contributed by atoms with Crippen LogP contribution in [0.1, 0.15) is 54.4 Å². The molecule has 0 heterocycles. The minimum Gasteiger partial charge on any atom is -0.493 e. The summed E-state index contributed by atoms with van der Waals surface area (Å²) in [4.78, 5) is 26.3. The Morgan fingerprint density at radius 2 is 1.35 bits per heavy atom. The molecule has 0 aliphatic heterocycles. The third-order valence-corrected chi connectivity index (χ3v) is 5.90. The molecule has 37 heavy (non-hydrogen) atoms. The Balaban J connectivity index is 1.20. The lowest BCUT2D eigenvalue weighted by Gasteiger charge is -2.12. The van der Waals surface area contributed by atoms with Crippen molar-refractivity contribution in [3.63, 3.8) is 0 Å². The smallest absolute Gasteiger partial charge is 0.343 e. The van der Waals surface area contributed by atoms with Gasteiger partial charge in [-0.05, 0) is 54.8 Å². The second-order valence-electron chi connectivity index (χ2n) is 9.16. The molecule has 0 aliphatic rings. The number of carbonyl (C=O) groups excluding carboxylic acids is 2. The van der Waals surface area contributed by atoms with E-state index in [1.807, 2.05) is 61.5 Å². The predicted octanol–water partition coefficient (Wildman–Crippen LogP) is 6.48. The van der Waals surface area contributed by atoms with Crippen LogP contribution in [0.5, 0.6) is 11.5 Å². The molecule has 6 nitrogen and oxygen atoms in total. The molecule has 6 heteroatoms. The lowest BCUT2D eigenvalue weighted by molar-refractivity contribution is -0.142. The van der Waals surface area contributed by atoms with Crippen molar-refractivity contribution in [2.45, 2.75) is 44.9 Å². The van der Waals surface area contributed by atoms with Gasteiger partial charge in [-0.1, -0.05) is 62.1 Å². The van der Waals surface area contributed by atoms with Gasteiger partial charge in [-0.25, -0.2) is 4.79 Å². The van der Waals surface area contributed by atoms with E-state index < -0.39 is 0 Å². The van der Waals surface area contributed by atoms with Gasteiger partial charge in [0.2, 0.25) is 0 Å². The van der Waals surface area contributed by atoms with Gasteiger partial charge in [0, 0.05) is 25.8 Å². The molecule has 0 spiro atoms. The van der Waals surface area contributed by atoms with Crippen LogP contribution in [-0.2, 0) is 16.0 Å². The summed E-state index contributed by atoms with van der Waals surface area (Å²) in [6.07, 6.45) is 6.49. The highest BCUT2D eigenvalue weighted by molar-refractivity contribution is 5.91. The fraction of sp³-hybridized carbons (Fsp3) is 0.355. The number of anilines is 1. The predicted molar refractivity (Wildman–Crippen MR) is 146 cm³/mol. The van der Waals surface area contributed by atoms with Crippen LogP contribution in [0.2, 0.25) is 0 Å². The van der Waals surface area contributed by atoms with Gasteiger partial charge in [0.1, 0.15) is 11.5 Å². The van der Waals surface area contributed by atoms with Crippen molar-refractivity contribution in [3.05, 3.63) is 90.0 Å². The zero-order valence-corrected chi connectivity index (χ0v) is 21.9. The Morgan fingerprint density at radius 1 is 0.703 bits per heavy atom.